The van der Waals surface area contributed by atoms with Gasteiger partial charge in [-0.05, 0) is 18.9 Å². The molecule has 1 aromatic rings. The van der Waals surface area contributed by atoms with Crippen LogP contribution in [0, 0.1) is 0 Å². The van der Waals surface area contributed by atoms with Crippen molar-refractivity contribution in [1.82, 2.24) is 14.9 Å². The predicted molar refractivity (Wildman–Crippen MR) is 63.9 cm³/mol. The van der Waals surface area contributed by atoms with Crippen molar-refractivity contribution in [3.8, 4) is 0 Å². The first-order valence-corrected chi connectivity index (χ1v) is 6.58. The Bertz CT molecular complexity index is 287. The molecule has 1 fully saturated rings. The lowest BCUT2D eigenvalue weighted by Gasteiger charge is -2.36. The average Bonchev–Trinajstić information content (AvgIpc) is 2.17. The minimum atomic E-state index is 0.756. The van der Waals surface area contributed by atoms with Gasteiger partial charge in [-0.1, -0.05) is 22.4 Å². The highest BCUT2D eigenvalue weighted by Gasteiger charge is 2.24. The average molecular weight is 270 g/mol. The first-order chi connectivity index (χ1) is 7.40. The quantitative estimate of drug-likeness (QED) is 0.768. The molecule has 0 N–H and O–H groups in total. The minimum Gasteiger partial charge on any atom is -0.292 e. The third-order valence-electron chi connectivity index (χ3n) is 2.93. The Morgan fingerprint density at radius 1 is 1.33 bits per heavy atom. The fourth-order valence-electron chi connectivity index (χ4n) is 1.84. The second kappa shape index (κ2) is 5.56. The highest BCUT2D eigenvalue weighted by atomic mass is 79.9. The minimum absolute atomic E-state index is 0.756. The van der Waals surface area contributed by atoms with E-state index in [-0.39, 0.29) is 0 Å². The van der Waals surface area contributed by atoms with Crippen molar-refractivity contribution < 1.29 is 0 Å². The summed E-state index contributed by atoms with van der Waals surface area (Å²) in [5.74, 6) is 0.936. The largest absolute Gasteiger partial charge is 0.292 e. The van der Waals surface area contributed by atoms with E-state index in [0.29, 0.717) is 0 Å². The Morgan fingerprint density at radius 3 is 2.60 bits per heavy atom. The number of aromatic nitrogens is 2. The van der Waals surface area contributed by atoms with Gasteiger partial charge in [0.15, 0.2) is 0 Å². The van der Waals surface area contributed by atoms with Crippen LogP contribution in [0.25, 0.3) is 0 Å². The number of hydrogen-bond acceptors (Lipinski definition) is 3. The third kappa shape index (κ3) is 2.98. The molecule has 0 bridgehead atoms. The summed E-state index contributed by atoms with van der Waals surface area (Å²) in [5.41, 5.74) is 0. The molecule has 0 amide bonds. The van der Waals surface area contributed by atoms with Gasteiger partial charge in [0.25, 0.3) is 0 Å². The number of halogens is 1. The molecular formula is C11H16BrN3. The summed E-state index contributed by atoms with van der Waals surface area (Å²) in [6.45, 7) is 1.97. The van der Waals surface area contributed by atoms with Gasteiger partial charge >= 0.3 is 0 Å². The predicted octanol–water partition coefficient (Wildman–Crippen LogP) is 2.23. The zero-order chi connectivity index (χ0) is 10.5. The van der Waals surface area contributed by atoms with E-state index < -0.39 is 0 Å². The molecule has 82 valence electrons. The van der Waals surface area contributed by atoms with Crippen LogP contribution in [0.5, 0.6) is 0 Å². The molecule has 0 saturated heterocycles. The Balaban J connectivity index is 1.93. The number of alkyl halides is 1. The molecule has 2 rings (SSSR count). The van der Waals surface area contributed by atoms with Crippen molar-refractivity contribution in [2.24, 2.45) is 0 Å². The summed E-state index contributed by atoms with van der Waals surface area (Å²) < 4.78 is 0. The van der Waals surface area contributed by atoms with Crippen LogP contribution in [-0.4, -0.2) is 32.8 Å². The van der Waals surface area contributed by atoms with E-state index in [0.717, 1.165) is 30.3 Å². The van der Waals surface area contributed by atoms with Crippen LogP contribution in [-0.2, 0) is 6.54 Å². The van der Waals surface area contributed by atoms with Crippen molar-refractivity contribution in [3.63, 3.8) is 0 Å². The fourth-order valence-corrected chi connectivity index (χ4v) is 2.30. The monoisotopic (exact) mass is 269 g/mol. The molecule has 3 nitrogen and oxygen atoms in total. The van der Waals surface area contributed by atoms with E-state index in [1.54, 1.807) is 0 Å². The van der Waals surface area contributed by atoms with E-state index in [4.69, 9.17) is 0 Å². The van der Waals surface area contributed by atoms with Crippen molar-refractivity contribution >= 4 is 15.9 Å². The number of hydrogen-bond donors (Lipinski definition) is 0. The zero-order valence-electron chi connectivity index (χ0n) is 8.77. The van der Waals surface area contributed by atoms with Crippen molar-refractivity contribution in [1.29, 1.82) is 0 Å². The van der Waals surface area contributed by atoms with Gasteiger partial charge in [-0.3, -0.25) is 4.90 Å². The number of rotatable bonds is 5. The lowest BCUT2D eigenvalue weighted by atomic mass is 9.91. The van der Waals surface area contributed by atoms with E-state index in [1.807, 2.05) is 18.5 Å². The zero-order valence-corrected chi connectivity index (χ0v) is 10.4. The molecule has 1 aliphatic carbocycles. The molecule has 1 aromatic heterocycles. The number of nitrogens with zero attached hydrogens (tertiary/aromatic N) is 3. The molecule has 0 atom stereocenters. The Hall–Kier alpha value is -0.480. The standard InChI is InChI=1S/C11H16BrN3/c12-5-8-15(10-3-1-4-10)9-11-13-6-2-7-14-11/h2,6-7,10H,1,3-5,8-9H2. The highest BCUT2D eigenvalue weighted by Crippen LogP contribution is 2.25. The molecule has 0 aromatic carbocycles. The smallest absolute Gasteiger partial charge is 0.142 e. The van der Waals surface area contributed by atoms with E-state index in [1.165, 1.54) is 19.3 Å². The van der Waals surface area contributed by atoms with Crippen molar-refractivity contribution in [2.75, 3.05) is 11.9 Å². The van der Waals surface area contributed by atoms with Gasteiger partial charge in [-0.2, -0.15) is 0 Å². The molecule has 15 heavy (non-hydrogen) atoms. The topological polar surface area (TPSA) is 29.0 Å². The van der Waals surface area contributed by atoms with Gasteiger partial charge in [0.2, 0.25) is 0 Å². The molecule has 1 saturated carbocycles. The Labute approximate surface area is 99.0 Å². The van der Waals surface area contributed by atoms with Gasteiger partial charge in [0.1, 0.15) is 5.82 Å². The highest BCUT2D eigenvalue weighted by molar-refractivity contribution is 9.09. The van der Waals surface area contributed by atoms with Crippen LogP contribution in [0.15, 0.2) is 18.5 Å². The van der Waals surface area contributed by atoms with Crippen LogP contribution >= 0.6 is 15.9 Å². The second-order valence-electron chi connectivity index (χ2n) is 3.91. The van der Waals surface area contributed by atoms with Gasteiger partial charge in [0, 0.05) is 30.3 Å². The van der Waals surface area contributed by atoms with Crippen molar-refractivity contribution in [3.05, 3.63) is 24.3 Å². The van der Waals surface area contributed by atoms with Crippen molar-refractivity contribution in [2.45, 2.75) is 31.8 Å². The van der Waals surface area contributed by atoms with E-state index in [2.05, 4.69) is 30.8 Å². The SMILES string of the molecule is BrCCN(Cc1ncccn1)C1CCC1. The lowest BCUT2D eigenvalue weighted by Crippen LogP contribution is -2.41. The summed E-state index contributed by atoms with van der Waals surface area (Å²) in [7, 11) is 0. The van der Waals surface area contributed by atoms with Gasteiger partial charge in [-0.25, -0.2) is 9.97 Å². The molecule has 0 radical (unpaired) electrons. The molecule has 0 spiro atoms. The third-order valence-corrected chi connectivity index (χ3v) is 3.28. The molecule has 1 heterocycles. The summed E-state index contributed by atoms with van der Waals surface area (Å²) in [4.78, 5) is 11.0. The maximum absolute atomic E-state index is 4.27. The summed E-state index contributed by atoms with van der Waals surface area (Å²) in [5, 5.41) is 1.02. The second-order valence-corrected chi connectivity index (χ2v) is 4.70. The van der Waals surface area contributed by atoms with Gasteiger partial charge in [0.05, 0.1) is 6.54 Å². The lowest BCUT2D eigenvalue weighted by molar-refractivity contribution is 0.125. The first-order valence-electron chi connectivity index (χ1n) is 5.46. The Morgan fingerprint density at radius 2 is 2.07 bits per heavy atom. The maximum Gasteiger partial charge on any atom is 0.142 e. The van der Waals surface area contributed by atoms with Crippen LogP contribution in [0.3, 0.4) is 0 Å². The molecule has 4 heteroatoms. The molecular weight excluding hydrogens is 254 g/mol. The summed E-state index contributed by atoms with van der Waals surface area (Å²) >= 11 is 3.50. The normalized spacial score (nSPS) is 16.7. The summed E-state index contributed by atoms with van der Waals surface area (Å²) in [6.07, 6.45) is 7.67. The fraction of sp³-hybridized carbons (Fsp3) is 0.636. The molecule has 1 aliphatic rings. The van der Waals surface area contributed by atoms with Crippen LogP contribution in [0.4, 0.5) is 0 Å². The first kappa shape index (κ1) is 11.0. The van der Waals surface area contributed by atoms with Crippen LogP contribution < -0.4 is 0 Å². The summed E-state index contributed by atoms with van der Waals surface area (Å²) in [6, 6.07) is 2.62. The van der Waals surface area contributed by atoms with Gasteiger partial charge in [-0.15, -0.1) is 0 Å². The van der Waals surface area contributed by atoms with Crippen LogP contribution in [0.2, 0.25) is 0 Å². The Kier molecular flexibility index (Phi) is 4.09. The maximum atomic E-state index is 4.27. The van der Waals surface area contributed by atoms with E-state index >= 15 is 0 Å². The molecule has 0 unspecified atom stereocenters. The van der Waals surface area contributed by atoms with E-state index in [9.17, 15) is 0 Å². The molecule has 0 aliphatic heterocycles. The van der Waals surface area contributed by atoms with Gasteiger partial charge < -0.3 is 0 Å². The van der Waals surface area contributed by atoms with Crippen LogP contribution in [0.1, 0.15) is 25.1 Å².